The summed E-state index contributed by atoms with van der Waals surface area (Å²) in [7, 11) is -3.82. The number of halogens is 3. The van der Waals surface area contributed by atoms with Gasteiger partial charge in [0.15, 0.2) is 0 Å². The summed E-state index contributed by atoms with van der Waals surface area (Å²) in [5.41, 5.74) is 1.56. The fourth-order valence-corrected chi connectivity index (χ4v) is 4.69. The lowest BCUT2D eigenvalue weighted by molar-refractivity contribution is -0.139. The number of nitrogens with one attached hydrogen (secondary N) is 1. The summed E-state index contributed by atoms with van der Waals surface area (Å²) in [4.78, 5) is 27.3. The van der Waals surface area contributed by atoms with Crippen LogP contribution in [0.5, 0.6) is 0 Å². The first-order chi connectivity index (χ1) is 15.3. The van der Waals surface area contributed by atoms with Crippen molar-refractivity contribution < 1.29 is 18.0 Å². The van der Waals surface area contributed by atoms with E-state index in [4.69, 9.17) is 34.8 Å². The molecule has 2 aromatic rings. The topological polar surface area (TPSA) is 86.8 Å². The van der Waals surface area contributed by atoms with Crippen LogP contribution in [0.3, 0.4) is 0 Å². The highest BCUT2D eigenvalue weighted by molar-refractivity contribution is 7.92. The second kappa shape index (κ2) is 11.4. The molecular weight excluding hydrogens is 509 g/mol. The van der Waals surface area contributed by atoms with Crippen molar-refractivity contribution in [2.45, 2.75) is 33.4 Å². The number of nitrogens with zero attached hydrogens (tertiary/aromatic N) is 2. The van der Waals surface area contributed by atoms with Crippen LogP contribution in [0.4, 0.5) is 5.69 Å². The van der Waals surface area contributed by atoms with Crippen molar-refractivity contribution >= 4 is 62.3 Å². The average Bonchev–Trinajstić information content (AvgIpc) is 2.72. The second-order valence-electron chi connectivity index (χ2n) is 7.54. The normalized spacial score (nSPS) is 12.2. The SMILES string of the molecule is CCNC(=O)[C@H](C)N(Cc1ccc(Cl)c(Cl)c1)C(=O)CN(c1ccc(Cl)cc1C)S(C)(=O)=O. The van der Waals surface area contributed by atoms with Crippen LogP contribution in [0.1, 0.15) is 25.0 Å². The molecule has 0 aliphatic rings. The summed E-state index contributed by atoms with van der Waals surface area (Å²) in [6, 6.07) is 8.74. The van der Waals surface area contributed by atoms with Gasteiger partial charge in [-0.25, -0.2) is 8.42 Å². The maximum absolute atomic E-state index is 13.4. The number of benzene rings is 2. The first-order valence-corrected chi connectivity index (χ1v) is 13.1. The highest BCUT2D eigenvalue weighted by atomic mass is 35.5. The fraction of sp³-hybridized carbons (Fsp3) is 0.364. The van der Waals surface area contributed by atoms with Gasteiger partial charge >= 0.3 is 0 Å². The first kappa shape index (κ1) is 27.2. The number of sulfonamides is 1. The number of aryl methyl sites for hydroxylation is 1. The number of carbonyl (C=O) groups is 2. The molecule has 0 bridgehead atoms. The third-order valence-corrected chi connectivity index (χ3v) is 7.06. The highest BCUT2D eigenvalue weighted by Crippen LogP contribution is 2.27. The van der Waals surface area contributed by atoms with Gasteiger partial charge in [-0.1, -0.05) is 40.9 Å². The van der Waals surface area contributed by atoms with E-state index in [0.717, 1.165) is 10.6 Å². The van der Waals surface area contributed by atoms with E-state index in [1.807, 2.05) is 0 Å². The van der Waals surface area contributed by atoms with E-state index < -0.39 is 28.5 Å². The predicted molar refractivity (Wildman–Crippen MR) is 134 cm³/mol. The summed E-state index contributed by atoms with van der Waals surface area (Å²) >= 11 is 18.1. The van der Waals surface area contributed by atoms with Crippen LogP contribution in [-0.4, -0.2) is 50.5 Å². The Kier molecular flexibility index (Phi) is 9.43. The Balaban J connectivity index is 2.43. The zero-order valence-corrected chi connectivity index (χ0v) is 21.8. The van der Waals surface area contributed by atoms with Gasteiger partial charge in [0.2, 0.25) is 21.8 Å². The average molecular weight is 535 g/mol. The molecule has 11 heteroatoms. The summed E-state index contributed by atoms with van der Waals surface area (Å²) in [6.07, 6.45) is 1.02. The second-order valence-corrected chi connectivity index (χ2v) is 10.7. The summed E-state index contributed by atoms with van der Waals surface area (Å²) in [5.74, 6) is -0.918. The first-order valence-electron chi connectivity index (χ1n) is 10.1. The number of hydrogen-bond acceptors (Lipinski definition) is 4. The number of carbonyl (C=O) groups excluding carboxylic acids is 2. The molecule has 2 aromatic carbocycles. The molecule has 0 aliphatic carbocycles. The molecule has 0 spiro atoms. The van der Waals surface area contributed by atoms with Crippen molar-refractivity contribution in [1.82, 2.24) is 10.2 Å². The summed E-state index contributed by atoms with van der Waals surface area (Å²) in [5, 5.41) is 3.80. The van der Waals surface area contributed by atoms with Crippen LogP contribution < -0.4 is 9.62 Å². The molecule has 7 nitrogen and oxygen atoms in total. The van der Waals surface area contributed by atoms with Crippen LogP contribution in [-0.2, 0) is 26.2 Å². The van der Waals surface area contributed by atoms with Gasteiger partial charge in [-0.3, -0.25) is 13.9 Å². The number of amides is 2. The maximum atomic E-state index is 13.4. The molecule has 0 fully saturated rings. The molecule has 2 rings (SSSR count). The van der Waals surface area contributed by atoms with Crippen molar-refractivity contribution in [3.05, 3.63) is 62.6 Å². The number of hydrogen-bond donors (Lipinski definition) is 1. The van der Waals surface area contributed by atoms with Crippen LogP contribution in [0.15, 0.2) is 36.4 Å². The van der Waals surface area contributed by atoms with E-state index in [-0.39, 0.29) is 12.5 Å². The van der Waals surface area contributed by atoms with Gasteiger partial charge in [-0.05, 0) is 62.2 Å². The Morgan fingerprint density at radius 2 is 1.73 bits per heavy atom. The Morgan fingerprint density at radius 3 is 2.27 bits per heavy atom. The molecule has 0 saturated heterocycles. The van der Waals surface area contributed by atoms with Gasteiger partial charge in [0, 0.05) is 18.1 Å². The molecule has 1 N–H and O–H groups in total. The highest BCUT2D eigenvalue weighted by Gasteiger charge is 2.30. The van der Waals surface area contributed by atoms with Crippen molar-refractivity contribution in [2.75, 3.05) is 23.7 Å². The fourth-order valence-electron chi connectivity index (χ4n) is 3.23. The zero-order chi connectivity index (χ0) is 24.9. The van der Waals surface area contributed by atoms with Crippen LogP contribution in [0.25, 0.3) is 0 Å². The van der Waals surface area contributed by atoms with Gasteiger partial charge in [0.25, 0.3) is 0 Å². The van der Waals surface area contributed by atoms with Gasteiger partial charge in [-0.15, -0.1) is 0 Å². The molecule has 0 aromatic heterocycles. The van der Waals surface area contributed by atoms with E-state index in [9.17, 15) is 18.0 Å². The van der Waals surface area contributed by atoms with Gasteiger partial charge in [0.05, 0.1) is 22.0 Å². The third-order valence-electron chi connectivity index (χ3n) is 4.96. The molecule has 0 saturated carbocycles. The van der Waals surface area contributed by atoms with Crippen LogP contribution in [0, 0.1) is 6.92 Å². The Labute approximate surface area is 209 Å². The van der Waals surface area contributed by atoms with Crippen LogP contribution in [0.2, 0.25) is 15.1 Å². The Hall–Kier alpha value is -2.00. The molecule has 180 valence electrons. The minimum Gasteiger partial charge on any atom is -0.355 e. The van der Waals surface area contributed by atoms with E-state index in [2.05, 4.69) is 5.32 Å². The van der Waals surface area contributed by atoms with E-state index in [0.29, 0.717) is 38.4 Å². The standard InChI is InChI=1S/C22H26Cl3N3O4S/c1-5-26-22(30)15(3)27(12-16-6-8-18(24)19(25)11-16)21(29)13-28(33(4,31)32)20-9-7-17(23)10-14(20)2/h6-11,15H,5,12-13H2,1-4H3,(H,26,30)/t15-/m0/s1. The van der Waals surface area contributed by atoms with Gasteiger partial charge in [0.1, 0.15) is 12.6 Å². The Bertz CT molecular complexity index is 1140. The molecule has 2 amide bonds. The lowest BCUT2D eigenvalue weighted by atomic mass is 10.1. The third kappa shape index (κ3) is 7.24. The minimum absolute atomic E-state index is 0.0330. The monoisotopic (exact) mass is 533 g/mol. The smallest absolute Gasteiger partial charge is 0.244 e. The largest absolute Gasteiger partial charge is 0.355 e. The molecule has 1 atom stereocenters. The van der Waals surface area contributed by atoms with E-state index >= 15 is 0 Å². The van der Waals surface area contributed by atoms with E-state index in [1.165, 1.54) is 4.90 Å². The van der Waals surface area contributed by atoms with E-state index in [1.54, 1.807) is 57.2 Å². The summed E-state index contributed by atoms with van der Waals surface area (Å²) in [6.45, 7) is 4.98. The Morgan fingerprint density at radius 1 is 1.06 bits per heavy atom. The predicted octanol–water partition coefficient (Wildman–Crippen LogP) is 4.27. The molecule has 0 aliphatic heterocycles. The van der Waals surface area contributed by atoms with Gasteiger partial charge in [-0.2, -0.15) is 0 Å². The maximum Gasteiger partial charge on any atom is 0.244 e. The van der Waals surface area contributed by atoms with Gasteiger partial charge < -0.3 is 10.2 Å². The zero-order valence-electron chi connectivity index (χ0n) is 18.7. The molecular formula is C22H26Cl3N3O4S. The van der Waals surface area contributed by atoms with Crippen molar-refractivity contribution in [1.29, 1.82) is 0 Å². The lowest BCUT2D eigenvalue weighted by Crippen LogP contribution is -2.51. The molecule has 33 heavy (non-hydrogen) atoms. The number of anilines is 1. The van der Waals surface area contributed by atoms with Crippen molar-refractivity contribution in [3.63, 3.8) is 0 Å². The molecule has 0 radical (unpaired) electrons. The lowest BCUT2D eigenvalue weighted by Gasteiger charge is -2.32. The minimum atomic E-state index is -3.82. The summed E-state index contributed by atoms with van der Waals surface area (Å²) < 4.78 is 26.2. The van der Waals surface area contributed by atoms with Crippen molar-refractivity contribution in [3.8, 4) is 0 Å². The molecule has 0 unspecified atom stereocenters. The van der Waals surface area contributed by atoms with Crippen LogP contribution >= 0.6 is 34.8 Å². The molecule has 0 heterocycles. The number of rotatable bonds is 9. The van der Waals surface area contributed by atoms with Crippen molar-refractivity contribution in [2.24, 2.45) is 0 Å². The number of likely N-dealkylation sites (N-methyl/N-ethyl adjacent to an activating group) is 1. The quantitative estimate of drug-likeness (QED) is 0.520.